The van der Waals surface area contributed by atoms with Gasteiger partial charge < -0.3 is 10.2 Å². The SMILES string of the molecule is CN(CC(F)F)C(=O)C1NCC2CCCC21. The van der Waals surface area contributed by atoms with E-state index in [0.29, 0.717) is 11.8 Å². The number of hydrogen-bond acceptors (Lipinski definition) is 2. The lowest BCUT2D eigenvalue weighted by atomic mass is 9.93. The highest BCUT2D eigenvalue weighted by molar-refractivity contribution is 5.82. The Morgan fingerprint density at radius 1 is 1.50 bits per heavy atom. The van der Waals surface area contributed by atoms with E-state index < -0.39 is 13.0 Å². The zero-order chi connectivity index (χ0) is 11.7. The quantitative estimate of drug-likeness (QED) is 0.790. The summed E-state index contributed by atoms with van der Waals surface area (Å²) in [6.07, 6.45) is 0.936. The minimum Gasteiger partial charge on any atom is -0.339 e. The number of nitrogens with one attached hydrogen (secondary N) is 1. The molecule has 1 aliphatic carbocycles. The highest BCUT2D eigenvalue weighted by Crippen LogP contribution is 2.38. The number of carbonyl (C=O) groups excluding carboxylic acids is 1. The average Bonchev–Trinajstić information content (AvgIpc) is 2.75. The molecule has 0 aromatic heterocycles. The molecule has 1 saturated heterocycles. The molecule has 3 unspecified atom stereocenters. The fraction of sp³-hybridized carbons (Fsp3) is 0.909. The summed E-state index contributed by atoms with van der Waals surface area (Å²) in [5.74, 6) is 0.774. The molecule has 1 aliphatic heterocycles. The van der Waals surface area contributed by atoms with Crippen LogP contribution in [0, 0.1) is 11.8 Å². The van der Waals surface area contributed by atoms with Crippen LogP contribution in [0.5, 0.6) is 0 Å². The number of nitrogens with zero attached hydrogens (tertiary/aromatic N) is 1. The zero-order valence-electron chi connectivity index (χ0n) is 9.46. The molecule has 2 aliphatic rings. The number of alkyl halides is 2. The molecule has 0 bridgehead atoms. The number of halogens is 2. The standard InChI is InChI=1S/C11H18F2N2O/c1-15(6-9(12)13)11(16)10-8-4-2-3-7(8)5-14-10/h7-10,14H,2-6H2,1H3. The minimum atomic E-state index is -2.45. The molecule has 2 fully saturated rings. The number of carbonyl (C=O) groups is 1. The Labute approximate surface area is 94.2 Å². The number of rotatable bonds is 3. The molecule has 5 heteroatoms. The first-order chi connectivity index (χ1) is 7.59. The van der Waals surface area contributed by atoms with Gasteiger partial charge in [-0.2, -0.15) is 0 Å². The van der Waals surface area contributed by atoms with Crippen molar-refractivity contribution in [1.29, 1.82) is 0 Å². The van der Waals surface area contributed by atoms with Crippen molar-refractivity contribution in [3.05, 3.63) is 0 Å². The third kappa shape index (κ3) is 2.19. The molecule has 0 aromatic carbocycles. The Hall–Kier alpha value is -0.710. The van der Waals surface area contributed by atoms with Gasteiger partial charge >= 0.3 is 0 Å². The fourth-order valence-electron chi connectivity index (χ4n) is 2.99. The molecule has 16 heavy (non-hydrogen) atoms. The van der Waals surface area contributed by atoms with E-state index in [-0.39, 0.29) is 11.9 Å². The summed E-state index contributed by atoms with van der Waals surface area (Å²) in [4.78, 5) is 13.1. The molecule has 1 N–H and O–H groups in total. The Morgan fingerprint density at radius 2 is 2.25 bits per heavy atom. The fourth-order valence-corrected chi connectivity index (χ4v) is 2.99. The summed E-state index contributed by atoms with van der Waals surface area (Å²) in [7, 11) is 1.46. The van der Waals surface area contributed by atoms with Crippen LogP contribution in [0.15, 0.2) is 0 Å². The van der Waals surface area contributed by atoms with Gasteiger partial charge in [-0.15, -0.1) is 0 Å². The molecular formula is C11H18F2N2O. The molecule has 1 heterocycles. The van der Waals surface area contributed by atoms with E-state index in [0.717, 1.165) is 17.9 Å². The zero-order valence-corrected chi connectivity index (χ0v) is 9.46. The van der Waals surface area contributed by atoms with Gasteiger partial charge in [-0.1, -0.05) is 6.42 Å². The van der Waals surface area contributed by atoms with Crippen LogP contribution in [0.3, 0.4) is 0 Å². The van der Waals surface area contributed by atoms with Crippen molar-refractivity contribution in [2.75, 3.05) is 20.1 Å². The number of fused-ring (bicyclic) bond motifs is 1. The van der Waals surface area contributed by atoms with E-state index in [4.69, 9.17) is 0 Å². The van der Waals surface area contributed by atoms with E-state index in [1.807, 2.05) is 0 Å². The van der Waals surface area contributed by atoms with Crippen LogP contribution in [-0.2, 0) is 4.79 Å². The third-order valence-electron chi connectivity index (χ3n) is 3.80. The van der Waals surface area contributed by atoms with E-state index in [2.05, 4.69) is 5.32 Å². The predicted molar refractivity (Wildman–Crippen MR) is 56.3 cm³/mol. The van der Waals surface area contributed by atoms with Gasteiger partial charge in [0.1, 0.15) is 0 Å². The van der Waals surface area contributed by atoms with Crippen molar-refractivity contribution in [3.63, 3.8) is 0 Å². The Bertz CT molecular complexity index is 273. The Balaban J connectivity index is 1.94. The van der Waals surface area contributed by atoms with Crippen molar-refractivity contribution in [2.24, 2.45) is 11.8 Å². The lowest BCUT2D eigenvalue weighted by molar-refractivity contribution is -0.134. The maximum Gasteiger partial charge on any atom is 0.255 e. The minimum absolute atomic E-state index is 0.172. The summed E-state index contributed by atoms with van der Waals surface area (Å²) in [5.41, 5.74) is 0. The van der Waals surface area contributed by atoms with Crippen LogP contribution in [0.4, 0.5) is 8.78 Å². The molecule has 3 atom stereocenters. The van der Waals surface area contributed by atoms with Gasteiger partial charge in [-0.3, -0.25) is 4.79 Å². The van der Waals surface area contributed by atoms with Crippen LogP contribution in [0.2, 0.25) is 0 Å². The summed E-state index contributed by atoms with van der Waals surface area (Å²) >= 11 is 0. The summed E-state index contributed by atoms with van der Waals surface area (Å²) in [6, 6.07) is -0.226. The molecule has 1 amide bonds. The second-order valence-corrected chi connectivity index (χ2v) is 4.85. The lowest BCUT2D eigenvalue weighted by Crippen LogP contribution is -2.46. The van der Waals surface area contributed by atoms with Gasteiger partial charge in [0.05, 0.1) is 12.6 Å². The van der Waals surface area contributed by atoms with Gasteiger partial charge in [-0.05, 0) is 31.2 Å². The molecular weight excluding hydrogens is 214 g/mol. The van der Waals surface area contributed by atoms with Crippen molar-refractivity contribution >= 4 is 5.91 Å². The monoisotopic (exact) mass is 232 g/mol. The molecule has 3 nitrogen and oxygen atoms in total. The van der Waals surface area contributed by atoms with E-state index in [1.165, 1.54) is 19.9 Å². The van der Waals surface area contributed by atoms with Gasteiger partial charge in [-0.25, -0.2) is 8.78 Å². The summed E-state index contributed by atoms with van der Waals surface area (Å²) in [6.45, 7) is 0.401. The maximum atomic E-state index is 12.2. The number of likely N-dealkylation sites (N-methyl/N-ethyl adjacent to an activating group) is 1. The van der Waals surface area contributed by atoms with Gasteiger partial charge in [0.15, 0.2) is 0 Å². The second-order valence-electron chi connectivity index (χ2n) is 4.85. The molecule has 0 aromatic rings. The molecule has 2 rings (SSSR count). The first kappa shape index (κ1) is 11.8. The van der Waals surface area contributed by atoms with Crippen LogP contribution >= 0.6 is 0 Å². The highest BCUT2D eigenvalue weighted by atomic mass is 19.3. The van der Waals surface area contributed by atoms with E-state index >= 15 is 0 Å². The summed E-state index contributed by atoms with van der Waals surface area (Å²) < 4.78 is 24.4. The largest absolute Gasteiger partial charge is 0.339 e. The van der Waals surface area contributed by atoms with Gasteiger partial charge in [0, 0.05) is 7.05 Å². The third-order valence-corrected chi connectivity index (χ3v) is 3.80. The van der Waals surface area contributed by atoms with Crippen molar-refractivity contribution in [3.8, 4) is 0 Å². The van der Waals surface area contributed by atoms with Crippen LogP contribution in [-0.4, -0.2) is 43.4 Å². The average molecular weight is 232 g/mol. The normalized spacial score (nSPS) is 33.1. The van der Waals surface area contributed by atoms with Crippen LogP contribution in [0.25, 0.3) is 0 Å². The predicted octanol–water partition coefficient (Wildman–Crippen LogP) is 1.10. The lowest BCUT2D eigenvalue weighted by Gasteiger charge is -2.24. The van der Waals surface area contributed by atoms with E-state index in [1.54, 1.807) is 0 Å². The van der Waals surface area contributed by atoms with Crippen molar-refractivity contribution in [2.45, 2.75) is 31.7 Å². The van der Waals surface area contributed by atoms with Gasteiger partial charge in [0.25, 0.3) is 6.43 Å². The highest BCUT2D eigenvalue weighted by Gasteiger charge is 2.43. The van der Waals surface area contributed by atoms with Crippen LogP contribution < -0.4 is 5.32 Å². The first-order valence-electron chi connectivity index (χ1n) is 5.86. The Morgan fingerprint density at radius 3 is 2.94 bits per heavy atom. The second kappa shape index (κ2) is 4.65. The van der Waals surface area contributed by atoms with Crippen molar-refractivity contribution in [1.82, 2.24) is 10.2 Å². The maximum absolute atomic E-state index is 12.2. The first-order valence-corrected chi connectivity index (χ1v) is 5.86. The van der Waals surface area contributed by atoms with Crippen molar-refractivity contribution < 1.29 is 13.6 Å². The topological polar surface area (TPSA) is 32.3 Å². The van der Waals surface area contributed by atoms with E-state index in [9.17, 15) is 13.6 Å². The summed E-state index contributed by atoms with van der Waals surface area (Å²) in [5, 5.41) is 3.18. The van der Waals surface area contributed by atoms with Crippen LogP contribution in [0.1, 0.15) is 19.3 Å². The molecule has 0 radical (unpaired) electrons. The molecule has 1 saturated carbocycles. The number of hydrogen-bond donors (Lipinski definition) is 1. The Kier molecular flexibility index (Phi) is 3.42. The number of amides is 1. The smallest absolute Gasteiger partial charge is 0.255 e. The molecule has 92 valence electrons. The van der Waals surface area contributed by atoms with Gasteiger partial charge in [0.2, 0.25) is 5.91 Å². The molecule has 0 spiro atoms.